The van der Waals surface area contributed by atoms with Crippen LogP contribution in [-0.2, 0) is 9.53 Å². The summed E-state index contributed by atoms with van der Waals surface area (Å²) in [5.41, 5.74) is 0.654. The first kappa shape index (κ1) is 16.6. The van der Waals surface area contributed by atoms with Gasteiger partial charge in [0.25, 0.3) is 0 Å². The molecule has 0 saturated carbocycles. The number of piperidine rings is 1. The third kappa shape index (κ3) is 4.33. The predicted molar refractivity (Wildman–Crippen MR) is 82.6 cm³/mol. The van der Waals surface area contributed by atoms with E-state index in [4.69, 9.17) is 27.9 Å². The molecule has 0 aromatic heterocycles. The van der Waals surface area contributed by atoms with Gasteiger partial charge < -0.3 is 9.84 Å². The van der Waals surface area contributed by atoms with Crippen molar-refractivity contribution in [1.29, 1.82) is 0 Å². The SMILES string of the molecule is COC(=O)C1CCCN(CC(O)c2ccc(Cl)cc2Cl)C1. The Balaban J connectivity index is 1.98. The predicted octanol–water partition coefficient (Wildman–Crippen LogP) is 2.91. The Morgan fingerprint density at radius 3 is 2.95 bits per heavy atom. The fraction of sp³-hybridized carbons (Fsp3) is 0.533. The highest BCUT2D eigenvalue weighted by Crippen LogP contribution is 2.28. The number of β-amino-alcohol motifs (C(OH)–C–C–N with tert-alkyl or cyclic N) is 1. The van der Waals surface area contributed by atoms with Crippen LogP contribution in [0.15, 0.2) is 18.2 Å². The largest absolute Gasteiger partial charge is 0.469 e. The van der Waals surface area contributed by atoms with E-state index in [1.54, 1.807) is 18.2 Å². The number of hydrogen-bond donors (Lipinski definition) is 1. The lowest BCUT2D eigenvalue weighted by Gasteiger charge is -2.32. The molecule has 1 fully saturated rings. The van der Waals surface area contributed by atoms with Crippen molar-refractivity contribution >= 4 is 29.2 Å². The number of methoxy groups -OCH3 is 1. The molecule has 1 aliphatic rings. The second kappa shape index (κ2) is 7.45. The van der Waals surface area contributed by atoms with Gasteiger partial charge in [0.2, 0.25) is 0 Å². The van der Waals surface area contributed by atoms with E-state index in [2.05, 4.69) is 4.90 Å². The first-order valence-electron chi connectivity index (χ1n) is 6.94. The highest BCUT2D eigenvalue weighted by molar-refractivity contribution is 6.35. The normalized spacial score (nSPS) is 21.0. The average Bonchev–Trinajstić information content (AvgIpc) is 2.46. The maximum absolute atomic E-state index is 11.6. The highest BCUT2D eigenvalue weighted by Gasteiger charge is 2.28. The monoisotopic (exact) mass is 331 g/mol. The summed E-state index contributed by atoms with van der Waals surface area (Å²) in [6.07, 6.45) is 1.05. The molecule has 1 aromatic carbocycles. The Kier molecular flexibility index (Phi) is 5.88. The fourth-order valence-electron chi connectivity index (χ4n) is 2.70. The Morgan fingerprint density at radius 1 is 1.52 bits per heavy atom. The Morgan fingerprint density at radius 2 is 2.29 bits per heavy atom. The zero-order valence-corrected chi connectivity index (χ0v) is 13.4. The van der Waals surface area contributed by atoms with Crippen LogP contribution in [0.1, 0.15) is 24.5 Å². The van der Waals surface area contributed by atoms with Crippen molar-refractivity contribution in [1.82, 2.24) is 4.90 Å². The van der Waals surface area contributed by atoms with Crippen molar-refractivity contribution in [3.63, 3.8) is 0 Å². The molecule has 4 nitrogen and oxygen atoms in total. The average molecular weight is 332 g/mol. The molecule has 116 valence electrons. The van der Waals surface area contributed by atoms with Gasteiger partial charge in [0.1, 0.15) is 0 Å². The lowest BCUT2D eigenvalue weighted by atomic mass is 9.97. The van der Waals surface area contributed by atoms with Crippen LogP contribution in [0.4, 0.5) is 0 Å². The maximum atomic E-state index is 11.6. The molecule has 6 heteroatoms. The molecule has 0 radical (unpaired) electrons. The Bertz CT molecular complexity index is 510. The zero-order chi connectivity index (χ0) is 15.4. The van der Waals surface area contributed by atoms with E-state index in [9.17, 15) is 9.90 Å². The molecule has 0 bridgehead atoms. The molecule has 1 aliphatic heterocycles. The van der Waals surface area contributed by atoms with Crippen molar-refractivity contribution in [2.24, 2.45) is 5.92 Å². The van der Waals surface area contributed by atoms with Crippen LogP contribution in [0, 0.1) is 5.92 Å². The summed E-state index contributed by atoms with van der Waals surface area (Å²) in [5, 5.41) is 11.3. The summed E-state index contributed by atoms with van der Waals surface area (Å²) in [4.78, 5) is 13.7. The number of aliphatic hydroxyl groups excluding tert-OH is 1. The quantitative estimate of drug-likeness (QED) is 0.862. The van der Waals surface area contributed by atoms with Gasteiger partial charge in [-0.2, -0.15) is 0 Å². The molecule has 2 unspecified atom stereocenters. The molecule has 0 spiro atoms. The third-order valence-corrected chi connectivity index (χ3v) is 4.36. The van der Waals surface area contributed by atoms with Crippen LogP contribution in [-0.4, -0.2) is 42.7 Å². The van der Waals surface area contributed by atoms with Gasteiger partial charge >= 0.3 is 5.97 Å². The molecule has 1 aromatic rings. The van der Waals surface area contributed by atoms with Gasteiger partial charge in [0, 0.05) is 28.7 Å². The van der Waals surface area contributed by atoms with Crippen LogP contribution < -0.4 is 0 Å². The van der Waals surface area contributed by atoms with Gasteiger partial charge in [-0.25, -0.2) is 0 Å². The number of carbonyl (C=O) groups is 1. The molecule has 21 heavy (non-hydrogen) atoms. The summed E-state index contributed by atoms with van der Waals surface area (Å²) < 4.78 is 4.80. The fourth-order valence-corrected chi connectivity index (χ4v) is 3.23. The lowest BCUT2D eigenvalue weighted by molar-refractivity contribution is -0.147. The van der Waals surface area contributed by atoms with Crippen molar-refractivity contribution in [2.75, 3.05) is 26.7 Å². The summed E-state index contributed by atoms with van der Waals surface area (Å²) in [6, 6.07) is 5.06. The minimum absolute atomic E-state index is 0.114. The number of ether oxygens (including phenoxy) is 1. The van der Waals surface area contributed by atoms with E-state index in [-0.39, 0.29) is 11.9 Å². The molecular formula is C15H19Cl2NO3. The molecule has 0 aliphatic carbocycles. The molecule has 2 atom stereocenters. The second-order valence-electron chi connectivity index (χ2n) is 5.30. The second-order valence-corrected chi connectivity index (χ2v) is 6.15. The van der Waals surface area contributed by atoms with Gasteiger partial charge in [0.15, 0.2) is 0 Å². The Labute approximate surface area is 134 Å². The van der Waals surface area contributed by atoms with Gasteiger partial charge in [0.05, 0.1) is 19.1 Å². The van der Waals surface area contributed by atoms with E-state index in [0.29, 0.717) is 28.7 Å². The van der Waals surface area contributed by atoms with Crippen molar-refractivity contribution in [2.45, 2.75) is 18.9 Å². The number of likely N-dealkylation sites (tertiary alicyclic amines) is 1. The van der Waals surface area contributed by atoms with Gasteiger partial charge in [-0.1, -0.05) is 29.3 Å². The van der Waals surface area contributed by atoms with Crippen molar-refractivity contribution < 1.29 is 14.6 Å². The molecule has 1 N–H and O–H groups in total. The van der Waals surface area contributed by atoms with Crippen LogP contribution >= 0.6 is 23.2 Å². The number of esters is 1. The lowest BCUT2D eigenvalue weighted by Crippen LogP contribution is -2.41. The van der Waals surface area contributed by atoms with Crippen molar-refractivity contribution in [3.05, 3.63) is 33.8 Å². The summed E-state index contributed by atoms with van der Waals surface area (Å²) in [6.45, 7) is 1.90. The van der Waals surface area contributed by atoms with E-state index in [1.165, 1.54) is 7.11 Å². The molecule has 2 rings (SSSR count). The standard InChI is InChI=1S/C15H19Cl2NO3/c1-21-15(20)10-3-2-6-18(8-10)9-14(19)12-5-4-11(16)7-13(12)17/h4-5,7,10,14,19H,2-3,6,8-9H2,1H3. The Hall–Kier alpha value is -0.810. The maximum Gasteiger partial charge on any atom is 0.309 e. The van der Waals surface area contributed by atoms with Crippen LogP contribution in [0.25, 0.3) is 0 Å². The van der Waals surface area contributed by atoms with Crippen LogP contribution in [0.2, 0.25) is 10.0 Å². The number of aliphatic hydroxyl groups is 1. The molecule has 1 heterocycles. The van der Waals surface area contributed by atoms with Gasteiger partial charge in [-0.15, -0.1) is 0 Å². The number of carbonyl (C=O) groups excluding carboxylic acids is 1. The number of hydrogen-bond acceptors (Lipinski definition) is 4. The van der Waals surface area contributed by atoms with E-state index in [1.807, 2.05) is 0 Å². The summed E-state index contributed by atoms with van der Waals surface area (Å²) >= 11 is 12.0. The zero-order valence-electron chi connectivity index (χ0n) is 11.9. The third-order valence-electron chi connectivity index (χ3n) is 3.79. The molecular weight excluding hydrogens is 313 g/mol. The van der Waals surface area contributed by atoms with E-state index in [0.717, 1.165) is 19.4 Å². The van der Waals surface area contributed by atoms with Crippen molar-refractivity contribution in [3.8, 4) is 0 Å². The van der Waals surface area contributed by atoms with Crippen LogP contribution in [0.3, 0.4) is 0 Å². The minimum atomic E-state index is -0.703. The molecule has 0 amide bonds. The summed E-state index contributed by atoms with van der Waals surface area (Å²) in [5.74, 6) is -0.296. The van der Waals surface area contributed by atoms with Gasteiger partial charge in [-0.3, -0.25) is 9.69 Å². The first-order chi connectivity index (χ1) is 10.0. The first-order valence-corrected chi connectivity index (χ1v) is 7.70. The number of halogens is 2. The smallest absolute Gasteiger partial charge is 0.309 e. The van der Waals surface area contributed by atoms with E-state index >= 15 is 0 Å². The highest BCUT2D eigenvalue weighted by atomic mass is 35.5. The number of benzene rings is 1. The topological polar surface area (TPSA) is 49.8 Å². The number of nitrogens with zero attached hydrogens (tertiary/aromatic N) is 1. The number of rotatable bonds is 4. The van der Waals surface area contributed by atoms with Crippen LogP contribution in [0.5, 0.6) is 0 Å². The minimum Gasteiger partial charge on any atom is -0.469 e. The van der Waals surface area contributed by atoms with Gasteiger partial charge in [-0.05, 0) is 31.5 Å². The molecule has 1 saturated heterocycles. The van der Waals surface area contributed by atoms with E-state index < -0.39 is 6.10 Å². The summed E-state index contributed by atoms with van der Waals surface area (Å²) in [7, 11) is 1.41.